The van der Waals surface area contributed by atoms with E-state index in [9.17, 15) is 4.79 Å². The summed E-state index contributed by atoms with van der Waals surface area (Å²) in [5.74, 6) is -0.501. The van der Waals surface area contributed by atoms with Crippen molar-refractivity contribution in [3.63, 3.8) is 0 Å². The van der Waals surface area contributed by atoms with Gasteiger partial charge in [0.1, 0.15) is 6.07 Å². The molecule has 0 unspecified atom stereocenters. The van der Waals surface area contributed by atoms with Crippen LogP contribution >= 0.6 is 0 Å². The van der Waals surface area contributed by atoms with Crippen molar-refractivity contribution in [3.8, 4) is 6.07 Å². The van der Waals surface area contributed by atoms with E-state index in [1.165, 1.54) is 7.11 Å². The molecule has 0 amide bonds. The smallest absolute Gasteiger partial charge is 0.350 e. The second-order valence-corrected chi connectivity index (χ2v) is 2.80. The van der Waals surface area contributed by atoms with Crippen LogP contribution in [-0.2, 0) is 9.53 Å². The molecule has 72 valence electrons. The van der Waals surface area contributed by atoms with Crippen molar-refractivity contribution >= 4 is 5.97 Å². The molecule has 13 heavy (non-hydrogen) atoms. The first-order valence-electron chi connectivity index (χ1n) is 3.98. The minimum atomic E-state index is -0.597. The largest absolute Gasteiger partial charge is 0.465 e. The molecule has 0 heterocycles. The first-order chi connectivity index (χ1) is 6.08. The van der Waals surface area contributed by atoms with E-state index in [0.29, 0.717) is 5.70 Å². The molecule has 0 fully saturated rings. The van der Waals surface area contributed by atoms with Crippen LogP contribution in [0.5, 0.6) is 0 Å². The zero-order valence-electron chi connectivity index (χ0n) is 8.34. The molecule has 0 aliphatic heterocycles. The number of carbonyl (C=O) groups excluding carboxylic acids is 1. The fraction of sp³-hybridized carbons (Fsp3) is 0.556. The molecule has 4 heteroatoms. The van der Waals surface area contributed by atoms with Gasteiger partial charge in [0.2, 0.25) is 0 Å². The van der Waals surface area contributed by atoms with E-state index in [-0.39, 0.29) is 11.5 Å². The van der Waals surface area contributed by atoms with Gasteiger partial charge in [0.25, 0.3) is 0 Å². The van der Waals surface area contributed by atoms with Crippen LogP contribution in [0.3, 0.4) is 0 Å². The number of esters is 1. The Morgan fingerprint density at radius 2 is 2.08 bits per heavy atom. The Morgan fingerprint density at radius 3 is 2.31 bits per heavy atom. The monoisotopic (exact) mass is 182 g/mol. The normalized spacial score (nSPS) is 11.7. The lowest BCUT2D eigenvalue weighted by Gasteiger charge is -2.11. The molecular formula is C9H14N2O2. The van der Waals surface area contributed by atoms with Crippen molar-refractivity contribution in [2.24, 2.45) is 5.92 Å². The van der Waals surface area contributed by atoms with Gasteiger partial charge < -0.3 is 10.1 Å². The highest BCUT2D eigenvalue weighted by atomic mass is 16.5. The zero-order valence-corrected chi connectivity index (χ0v) is 8.34. The summed E-state index contributed by atoms with van der Waals surface area (Å²) in [5.41, 5.74) is 0.648. The summed E-state index contributed by atoms with van der Waals surface area (Å²) in [6.45, 7) is 3.79. The first kappa shape index (κ1) is 11.5. The summed E-state index contributed by atoms with van der Waals surface area (Å²) in [6, 6.07) is 1.83. The van der Waals surface area contributed by atoms with Gasteiger partial charge >= 0.3 is 5.97 Å². The molecule has 0 radical (unpaired) electrons. The quantitative estimate of drug-likeness (QED) is 0.398. The van der Waals surface area contributed by atoms with Crippen LogP contribution < -0.4 is 5.32 Å². The molecule has 0 bridgehead atoms. The Labute approximate surface area is 78.2 Å². The third-order valence-electron chi connectivity index (χ3n) is 1.62. The van der Waals surface area contributed by atoms with Gasteiger partial charge in [-0.05, 0) is 5.92 Å². The summed E-state index contributed by atoms with van der Waals surface area (Å²) in [4.78, 5) is 11.1. The van der Waals surface area contributed by atoms with Crippen molar-refractivity contribution in [1.29, 1.82) is 5.26 Å². The van der Waals surface area contributed by atoms with E-state index in [1.807, 2.05) is 19.9 Å². The summed E-state index contributed by atoms with van der Waals surface area (Å²) < 4.78 is 4.48. The Balaban J connectivity index is 5.09. The summed E-state index contributed by atoms with van der Waals surface area (Å²) in [6.07, 6.45) is 0. The first-order valence-corrected chi connectivity index (χ1v) is 3.98. The van der Waals surface area contributed by atoms with E-state index < -0.39 is 5.97 Å². The van der Waals surface area contributed by atoms with Gasteiger partial charge in [-0.3, -0.25) is 0 Å². The Hall–Kier alpha value is -1.50. The SMILES string of the molecule is CN/C(=C(\C#N)C(=O)OC)C(C)C. The maximum absolute atomic E-state index is 11.1. The molecule has 0 aromatic heterocycles. The third kappa shape index (κ3) is 2.79. The van der Waals surface area contributed by atoms with Crippen LogP contribution in [-0.4, -0.2) is 20.1 Å². The zero-order chi connectivity index (χ0) is 10.4. The second-order valence-electron chi connectivity index (χ2n) is 2.80. The Kier molecular flexibility index (Phi) is 4.60. The molecule has 0 aliphatic carbocycles. The predicted molar refractivity (Wildman–Crippen MR) is 48.6 cm³/mol. The van der Waals surface area contributed by atoms with Gasteiger partial charge in [0, 0.05) is 12.7 Å². The van der Waals surface area contributed by atoms with Gasteiger partial charge in [-0.2, -0.15) is 5.26 Å². The van der Waals surface area contributed by atoms with Crippen molar-refractivity contribution in [2.75, 3.05) is 14.2 Å². The van der Waals surface area contributed by atoms with Gasteiger partial charge in [0.05, 0.1) is 7.11 Å². The molecule has 0 saturated heterocycles. The van der Waals surface area contributed by atoms with Gasteiger partial charge in [-0.1, -0.05) is 13.8 Å². The van der Waals surface area contributed by atoms with E-state index in [0.717, 1.165) is 0 Å². The number of carbonyl (C=O) groups is 1. The van der Waals surface area contributed by atoms with Gasteiger partial charge in [-0.15, -0.1) is 0 Å². The molecular weight excluding hydrogens is 168 g/mol. The summed E-state index contributed by atoms with van der Waals surface area (Å²) >= 11 is 0. The highest BCUT2D eigenvalue weighted by Crippen LogP contribution is 2.11. The number of rotatable bonds is 3. The van der Waals surface area contributed by atoms with Crippen LogP contribution in [0.25, 0.3) is 0 Å². The fourth-order valence-electron chi connectivity index (χ4n) is 1.02. The number of allylic oxidation sites excluding steroid dienone is 1. The minimum Gasteiger partial charge on any atom is -0.465 e. The highest BCUT2D eigenvalue weighted by Gasteiger charge is 2.16. The van der Waals surface area contributed by atoms with E-state index in [2.05, 4.69) is 10.1 Å². The Bertz CT molecular complexity index is 261. The molecule has 0 rings (SSSR count). The van der Waals surface area contributed by atoms with E-state index in [1.54, 1.807) is 7.05 Å². The number of ether oxygens (including phenoxy) is 1. The van der Waals surface area contributed by atoms with E-state index >= 15 is 0 Å². The van der Waals surface area contributed by atoms with Crippen LogP contribution in [0.4, 0.5) is 0 Å². The van der Waals surface area contributed by atoms with Crippen LogP contribution in [0.1, 0.15) is 13.8 Å². The van der Waals surface area contributed by atoms with E-state index in [4.69, 9.17) is 5.26 Å². The second kappa shape index (κ2) is 5.20. The molecule has 1 N–H and O–H groups in total. The van der Waals surface area contributed by atoms with Crippen molar-refractivity contribution < 1.29 is 9.53 Å². The molecule has 0 spiro atoms. The topological polar surface area (TPSA) is 62.1 Å². The summed E-state index contributed by atoms with van der Waals surface area (Å²) in [5, 5.41) is 11.6. The van der Waals surface area contributed by atoms with Crippen LogP contribution in [0.2, 0.25) is 0 Å². The van der Waals surface area contributed by atoms with Crippen molar-refractivity contribution in [2.45, 2.75) is 13.8 Å². The maximum atomic E-state index is 11.1. The third-order valence-corrected chi connectivity index (χ3v) is 1.62. The lowest BCUT2D eigenvalue weighted by molar-refractivity contribution is -0.135. The average Bonchev–Trinajstić information content (AvgIpc) is 2.12. The molecule has 0 atom stereocenters. The molecule has 0 saturated carbocycles. The lowest BCUT2D eigenvalue weighted by atomic mass is 10.1. The predicted octanol–water partition coefficient (Wildman–Crippen LogP) is 0.812. The fourth-order valence-corrected chi connectivity index (χ4v) is 1.02. The van der Waals surface area contributed by atoms with Gasteiger partial charge in [0.15, 0.2) is 5.57 Å². The van der Waals surface area contributed by atoms with Crippen LogP contribution in [0, 0.1) is 17.2 Å². The van der Waals surface area contributed by atoms with Crippen molar-refractivity contribution in [1.82, 2.24) is 5.32 Å². The average molecular weight is 182 g/mol. The van der Waals surface area contributed by atoms with Gasteiger partial charge in [-0.25, -0.2) is 4.79 Å². The molecule has 0 aromatic carbocycles. The molecule has 4 nitrogen and oxygen atoms in total. The highest BCUT2D eigenvalue weighted by molar-refractivity contribution is 5.93. The minimum absolute atomic E-state index is 0.0417. The standard InChI is InChI=1S/C9H14N2O2/c1-6(2)8(11-3)7(5-10)9(12)13-4/h6,11H,1-4H3/b8-7+. The lowest BCUT2D eigenvalue weighted by Crippen LogP contribution is -2.19. The summed E-state index contributed by atoms with van der Waals surface area (Å²) in [7, 11) is 2.93. The number of methoxy groups -OCH3 is 1. The number of hydrogen-bond acceptors (Lipinski definition) is 4. The number of nitrogens with zero attached hydrogens (tertiary/aromatic N) is 1. The number of nitrogens with one attached hydrogen (secondary N) is 1. The maximum Gasteiger partial charge on any atom is 0.350 e. The Morgan fingerprint density at radius 1 is 1.54 bits per heavy atom. The van der Waals surface area contributed by atoms with Crippen molar-refractivity contribution in [3.05, 3.63) is 11.3 Å². The number of nitriles is 1. The molecule has 0 aromatic rings. The van der Waals surface area contributed by atoms with Crippen LogP contribution in [0.15, 0.2) is 11.3 Å². The molecule has 0 aliphatic rings. The number of hydrogen-bond donors (Lipinski definition) is 1.